The molecule has 0 bridgehead atoms. The van der Waals surface area contributed by atoms with Crippen molar-refractivity contribution in [3.63, 3.8) is 0 Å². The highest BCUT2D eigenvalue weighted by Gasteiger charge is 2.82. The molecule has 5 aliphatic rings. The van der Waals surface area contributed by atoms with Crippen molar-refractivity contribution in [3.8, 4) is 0 Å². The number of aliphatic hydroxyl groups is 1. The van der Waals surface area contributed by atoms with Crippen molar-refractivity contribution in [2.24, 2.45) is 17.8 Å². The summed E-state index contributed by atoms with van der Waals surface area (Å²) >= 11 is 1.87. The van der Waals surface area contributed by atoms with Crippen molar-refractivity contribution in [1.29, 1.82) is 0 Å². The first-order valence-electron chi connectivity index (χ1n) is 15.7. The van der Waals surface area contributed by atoms with Gasteiger partial charge in [-0.1, -0.05) is 19.6 Å². The highest BCUT2D eigenvalue weighted by Crippen LogP contribution is 2.64. The Labute approximate surface area is 266 Å². The van der Waals surface area contributed by atoms with Gasteiger partial charge in [0, 0.05) is 76.1 Å². The van der Waals surface area contributed by atoms with Crippen molar-refractivity contribution in [3.05, 3.63) is 74.5 Å². The third-order valence-corrected chi connectivity index (χ3v) is 11.7. The average molecular weight is 633 g/mol. The molecule has 2 aromatic rings. The fourth-order valence-corrected chi connectivity index (χ4v) is 8.41. The SMILES string of the molecule is C=CC1=C(C)[C@@H](Cc2[nH]c(Cc3[nH]c(/C=C4\NC(=O)[C@H](C)[C@H]4[C@H]4CS4)c(C)c3CCC(=O)O)c(C[C@H]3[C@@H]4O[C@]34O)c2C)NC1=O. The van der Waals surface area contributed by atoms with Gasteiger partial charge in [0.15, 0.2) is 5.79 Å². The zero-order valence-corrected chi connectivity index (χ0v) is 26.8. The van der Waals surface area contributed by atoms with Gasteiger partial charge in [0.25, 0.3) is 5.91 Å². The number of aliphatic carboxylic acids is 1. The number of nitrogens with one attached hydrogen (secondary N) is 4. The number of aromatic nitrogens is 2. The molecule has 6 N–H and O–H groups in total. The van der Waals surface area contributed by atoms with Crippen molar-refractivity contribution < 1.29 is 29.3 Å². The number of hydrogen-bond acceptors (Lipinski definition) is 6. The zero-order chi connectivity index (χ0) is 31.9. The number of thioether (sulfide) groups is 1. The predicted octanol–water partition coefficient (Wildman–Crippen LogP) is 3.21. The molecular weight excluding hydrogens is 592 g/mol. The minimum absolute atomic E-state index is 0.00538. The lowest BCUT2D eigenvalue weighted by Crippen LogP contribution is -2.30. The van der Waals surface area contributed by atoms with Crippen LogP contribution >= 0.6 is 11.8 Å². The van der Waals surface area contributed by atoms with Gasteiger partial charge in [-0.3, -0.25) is 14.4 Å². The zero-order valence-electron chi connectivity index (χ0n) is 26.0. The molecule has 0 spiro atoms. The molecule has 7 atom stereocenters. The van der Waals surface area contributed by atoms with E-state index in [1.807, 2.05) is 38.6 Å². The van der Waals surface area contributed by atoms with E-state index in [2.05, 4.69) is 34.1 Å². The van der Waals surface area contributed by atoms with Gasteiger partial charge >= 0.3 is 5.97 Å². The molecular formula is C34H40N4O6S. The van der Waals surface area contributed by atoms with Crippen LogP contribution in [0.25, 0.3) is 6.08 Å². The number of carbonyl (C=O) groups is 3. The standard InChI is InChI=1S/C34H40N4O6S/c1-6-18-14(2)24(37-33(18)42)10-22-16(4)20(9-21-31-34(21,43)44-31)26(36-22)12-25-19(7-8-29(39)40)15(3)23(35-25)11-27-30(28-13-45-28)17(5)32(41)38-27/h6,11,17,21,24,28,30-31,35-36,43H,1,7-10,12-13H2,2-5H3,(H,37,42)(H,38,41)(H,39,40)/b27-11-/t17-,21+,24-,28-,30-,31+,34-/m1/s1. The van der Waals surface area contributed by atoms with Crippen LogP contribution in [-0.4, -0.2) is 66.9 Å². The van der Waals surface area contributed by atoms with E-state index in [0.717, 1.165) is 62.1 Å². The van der Waals surface area contributed by atoms with E-state index >= 15 is 0 Å². The summed E-state index contributed by atoms with van der Waals surface area (Å²) in [6, 6.07) is -0.149. The molecule has 6 heterocycles. The quantitative estimate of drug-likeness (QED) is 0.196. The number of ether oxygens (including phenoxy) is 1. The number of allylic oxidation sites excluding steroid dienone is 1. The second-order valence-corrected chi connectivity index (χ2v) is 14.6. The van der Waals surface area contributed by atoms with Crippen LogP contribution < -0.4 is 10.6 Å². The van der Waals surface area contributed by atoms with Crippen molar-refractivity contribution in [2.75, 3.05) is 5.75 Å². The molecule has 1 aliphatic carbocycles. The lowest BCUT2D eigenvalue weighted by atomic mass is 9.91. The number of epoxide rings is 1. The normalized spacial score (nSPS) is 32.2. The number of rotatable bonds is 12. The molecule has 0 unspecified atom stereocenters. The molecule has 1 saturated carbocycles. The molecule has 7 rings (SSSR count). The van der Waals surface area contributed by atoms with Gasteiger partial charge < -0.3 is 35.6 Å². The summed E-state index contributed by atoms with van der Waals surface area (Å²) < 4.78 is 5.32. The highest BCUT2D eigenvalue weighted by molar-refractivity contribution is 8.06. The van der Waals surface area contributed by atoms with Crippen molar-refractivity contribution in [2.45, 2.75) is 83.0 Å². The fourth-order valence-electron chi connectivity index (χ4n) is 7.50. The Morgan fingerprint density at radius 2 is 1.82 bits per heavy atom. The Hall–Kier alpha value is -3.54. The predicted molar refractivity (Wildman–Crippen MR) is 170 cm³/mol. The first-order valence-corrected chi connectivity index (χ1v) is 16.8. The number of fused-ring (bicyclic) bond motifs is 1. The second kappa shape index (κ2) is 10.8. The van der Waals surface area contributed by atoms with E-state index in [0.29, 0.717) is 36.5 Å². The molecule has 238 valence electrons. The Bertz CT molecular complexity index is 1710. The summed E-state index contributed by atoms with van der Waals surface area (Å²) in [6.45, 7) is 11.8. The van der Waals surface area contributed by atoms with E-state index in [4.69, 9.17) is 4.74 Å². The summed E-state index contributed by atoms with van der Waals surface area (Å²) in [6.07, 6.45) is 5.68. The smallest absolute Gasteiger partial charge is 0.303 e. The number of amides is 2. The molecule has 2 amide bonds. The molecule has 4 aliphatic heterocycles. The van der Waals surface area contributed by atoms with Gasteiger partial charge in [0.1, 0.15) is 6.10 Å². The number of aromatic amines is 2. The summed E-state index contributed by atoms with van der Waals surface area (Å²) in [5.41, 5.74) is 10.5. The van der Waals surface area contributed by atoms with E-state index in [1.165, 1.54) is 0 Å². The van der Waals surface area contributed by atoms with Gasteiger partial charge in [-0.15, -0.1) is 0 Å². The molecule has 0 radical (unpaired) electrons. The Morgan fingerprint density at radius 3 is 2.42 bits per heavy atom. The number of carbonyl (C=O) groups excluding carboxylic acids is 2. The Balaban J connectivity index is 1.23. The average Bonchev–Trinajstić information content (AvgIpc) is 3.91. The lowest BCUT2D eigenvalue weighted by molar-refractivity contribution is -0.137. The topological polar surface area (TPSA) is 160 Å². The first-order chi connectivity index (χ1) is 21.4. The monoisotopic (exact) mass is 632 g/mol. The van der Waals surface area contributed by atoms with Gasteiger partial charge in [0.2, 0.25) is 5.91 Å². The van der Waals surface area contributed by atoms with Crippen LogP contribution in [0, 0.1) is 31.6 Å². The van der Waals surface area contributed by atoms with Crippen LogP contribution in [0.1, 0.15) is 65.3 Å². The largest absolute Gasteiger partial charge is 0.481 e. The molecule has 11 heteroatoms. The van der Waals surface area contributed by atoms with Crippen LogP contribution in [-0.2, 0) is 44.8 Å². The van der Waals surface area contributed by atoms with Gasteiger partial charge in [-0.05, 0) is 67.5 Å². The van der Waals surface area contributed by atoms with Crippen LogP contribution in [0.3, 0.4) is 0 Å². The molecule has 4 fully saturated rings. The van der Waals surface area contributed by atoms with Crippen LogP contribution in [0.15, 0.2) is 29.5 Å². The van der Waals surface area contributed by atoms with Gasteiger partial charge in [-0.25, -0.2) is 0 Å². The maximum Gasteiger partial charge on any atom is 0.303 e. The number of carboxylic acid groups (broad SMARTS) is 1. The number of carboxylic acids is 1. The third kappa shape index (κ3) is 5.18. The number of hydrogen-bond donors (Lipinski definition) is 6. The second-order valence-electron chi connectivity index (χ2n) is 13.3. The molecule has 3 saturated heterocycles. The molecule has 45 heavy (non-hydrogen) atoms. The summed E-state index contributed by atoms with van der Waals surface area (Å²) in [4.78, 5) is 44.0. The molecule has 0 aromatic carbocycles. The van der Waals surface area contributed by atoms with Crippen molar-refractivity contribution in [1.82, 2.24) is 20.6 Å². The van der Waals surface area contributed by atoms with E-state index in [9.17, 15) is 24.6 Å². The summed E-state index contributed by atoms with van der Waals surface area (Å²) in [7, 11) is 0. The molecule has 2 aromatic heterocycles. The minimum Gasteiger partial charge on any atom is -0.481 e. The first kappa shape index (κ1) is 30.1. The van der Waals surface area contributed by atoms with E-state index in [-0.39, 0.29) is 48.1 Å². The number of H-pyrrole nitrogens is 2. The van der Waals surface area contributed by atoms with Crippen LogP contribution in [0.2, 0.25) is 0 Å². The summed E-state index contributed by atoms with van der Waals surface area (Å²) in [5, 5.41) is 26.7. The lowest BCUT2D eigenvalue weighted by Gasteiger charge is -2.12. The van der Waals surface area contributed by atoms with Crippen LogP contribution in [0.4, 0.5) is 0 Å². The van der Waals surface area contributed by atoms with Gasteiger partial charge in [-0.2, -0.15) is 11.8 Å². The van der Waals surface area contributed by atoms with Gasteiger partial charge in [0.05, 0.1) is 12.0 Å². The fraction of sp³-hybridized carbons (Fsp3) is 0.500. The Morgan fingerprint density at radius 1 is 1.11 bits per heavy atom. The van der Waals surface area contributed by atoms with Crippen molar-refractivity contribution >= 4 is 35.6 Å². The maximum atomic E-state index is 12.6. The maximum absolute atomic E-state index is 12.6. The molecule has 10 nitrogen and oxygen atoms in total. The minimum atomic E-state index is -1.01. The van der Waals surface area contributed by atoms with E-state index < -0.39 is 11.8 Å². The van der Waals surface area contributed by atoms with E-state index in [1.54, 1.807) is 6.08 Å². The third-order valence-electron chi connectivity index (χ3n) is 10.6. The highest BCUT2D eigenvalue weighted by atomic mass is 32.2. The Kier molecular flexibility index (Phi) is 7.22. The summed E-state index contributed by atoms with van der Waals surface area (Å²) in [5.74, 6) is -0.784. The van der Waals surface area contributed by atoms with Crippen LogP contribution in [0.5, 0.6) is 0 Å².